The SMILES string of the molecule is CCOc1ccc(S(=O)(=O)N2CCC(C(=O)NCC(=O)NCc3ccc(OC)cc3)CC2)cc1. The van der Waals surface area contributed by atoms with Crippen LogP contribution in [-0.4, -0.2) is 57.9 Å². The zero-order valence-corrected chi connectivity index (χ0v) is 20.3. The largest absolute Gasteiger partial charge is 0.497 e. The fourth-order valence-corrected chi connectivity index (χ4v) is 5.17. The molecular weight excluding hydrogens is 458 g/mol. The highest BCUT2D eigenvalue weighted by Gasteiger charge is 2.32. The summed E-state index contributed by atoms with van der Waals surface area (Å²) in [4.78, 5) is 24.8. The number of ether oxygens (including phenoxy) is 2. The second-order valence-corrected chi connectivity index (χ2v) is 9.86. The maximum absolute atomic E-state index is 12.9. The van der Waals surface area contributed by atoms with E-state index >= 15 is 0 Å². The standard InChI is InChI=1S/C24H31N3O6S/c1-3-33-21-8-10-22(11-9-21)34(30,31)27-14-12-19(13-15-27)24(29)26-17-23(28)25-16-18-4-6-20(32-2)7-5-18/h4-11,19H,3,12-17H2,1-2H3,(H,25,28)(H,26,29). The van der Waals surface area contributed by atoms with Gasteiger partial charge >= 0.3 is 0 Å². The number of carbonyl (C=O) groups is 2. The van der Waals surface area contributed by atoms with Gasteiger partial charge in [0.25, 0.3) is 0 Å². The summed E-state index contributed by atoms with van der Waals surface area (Å²) in [5.41, 5.74) is 0.918. The van der Waals surface area contributed by atoms with Crippen molar-refractivity contribution in [1.82, 2.24) is 14.9 Å². The molecule has 10 heteroatoms. The van der Waals surface area contributed by atoms with Crippen molar-refractivity contribution in [3.05, 3.63) is 54.1 Å². The Labute approximate surface area is 200 Å². The minimum absolute atomic E-state index is 0.125. The second kappa shape index (κ2) is 11.8. The van der Waals surface area contributed by atoms with E-state index in [1.54, 1.807) is 19.2 Å². The van der Waals surface area contributed by atoms with E-state index in [1.807, 2.05) is 31.2 Å². The number of benzene rings is 2. The van der Waals surface area contributed by atoms with E-state index in [1.165, 1.54) is 16.4 Å². The molecule has 1 aliphatic rings. The van der Waals surface area contributed by atoms with Crippen molar-refractivity contribution < 1.29 is 27.5 Å². The Morgan fingerprint density at radius 3 is 2.18 bits per heavy atom. The van der Waals surface area contributed by atoms with Crippen LogP contribution in [0.25, 0.3) is 0 Å². The number of hydrogen-bond acceptors (Lipinski definition) is 6. The summed E-state index contributed by atoms with van der Waals surface area (Å²) in [5.74, 6) is 0.490. The third-order valence-corrected chi connectivity index (χ3v) is 7.58. The highest BCUT2D eigenvalue weighted by atomic mass is 32.2. The molecule has 34 heavy (non-hydrogen) atoms. The van der Waals surface area contributed by atoms with Gasteiger partial charge in [-0.15, -0.1) is 0 Å². The van der Waals surface area contributed by atoms with Gasteiger partial charge in [-0.25, -0.2) is 8.42 Å². The van der Waals surface area contributed by atoms with Crippen molar-refractivity contribution in [3.8, 4) is 11.5 Å². The molecule has 0 atom stereocenters. The number of methoxy groups -OCH3 is 1. The molecule has 184 valence electrons. The molecule has 1 heterocycles. The number of amides is 2. The summed E-state index contributed by atoms with van der Waals surface area (Å²) in [5, 5.41) is 5.42. The molecule has 3 rings (SSSR count). The van der Waals surface area contributed by atoms with Crippen LogP contribution in [0.15, 0.2) is 53.4 Å². The van der Waals surface area contributed by atoms with Crippen LogP contribution >= 0.6 is 0 Å². The normalized spacial score (nSPS) is 14.9. The number of hydrogen-bond donors (Lipinski definition) is 2. The number of carbonyl (C=O) groups excluding carboxylic acids is 2. The van der Waals surface area contributed by atoms with Crippen LogP contribution in [0.4, 0.5) is 0 Å². The molecule has 0 radical (unpaired) electrons. The van der Waals surface area contributed by atoms with Crippen molar-refractivity contribution in [1.29, 1.82) is 0 Å². The zero-order valence-electron chi connectivity index (χ0n) is 19.5. The van der Waals surface area contributed by atoms with Gasteiger partial charge in [-0.3, -0.25) is 9.59 Å². The van der Waals surface area contributed by atoms with Gasteiger partial charge in [-0.1, -0.05) is 12.1 Å². The Kier molecular flexibility index (Phi) is 8.89. The molecule has 2 aromatic carbocycles. The van der Waals surface area contributed by atoms with Gasteiger partial charge < -0.3 is 20.1 Å². The molecule has 1 saturated heterocycles. The first-order valence-electron chi connectivity index (χ1n) is 11.2. The third-order valence-electron chi connectivity index (χ3n) is 5.67. The quantitative estimate of drug-likeness (QED) is 0.527. The lowest BCUT2D eigenvalue weighted by Crippen LogP contribution is -2.45. The summed E-state index contributed by atoms with van der Waals surface area (Å²) in [7, 11) is -2.05. The molecule has 2 aromatic rings. The maximum atomic E-state index is 12.9. The Bertz CT molecular complexity index is 1060. The molecule has 0 spiro atoms. The van der Waals surface area contributed by atoms with E-state index in [0.29, 0.717) is 31.7 Å². The van der Waals surface area contributed by atoms with E-state index in [4.69, 9.17) is 9.47 Å². The highest BCUT2D eigenvalue weighted by Crippen LogP contribution is 2.25. The summed E-state index contributed by atoms with van der Waals surface area (Å²) in [6.07, 6.45) is 0.797. The lowest BCUT2D eigenvalue weighted by Gasteiger charge is -2.30. The zero-order chi connectivity index (χ0) is 24.6. The summed E-state index contributed by atoms with van der Waals surface area (Å²) < 4.78 is 37.7. The molecule has 1 fully saturated rings. The lowest BCUT2D eigenvalue weighted by molar-refractivity contribution is -0.129. The second-order valence-electron chi connectivity index (χ2n) is 7.93. The van der Waals surface area contributed by atoms with E-state index < -0.39 is 10.0 Å². The maximum Gasteiger partial charge on any atom is 0.243 e. The van der Waals surface area contributed by atoms with Crippen LogP contribution in [0.1, 0.15) is 25.3 Å². The fraction of sp³-hybridized carbons (Fsp3) is 0.417. The molecule has 9 nitrogen and oxygen atoms in total. The average molecular weight is 490 g/mol. The smallest absolute Gasteiger partial charge is 0.243 e. The van der Waals surface area contributed by atoms with Crippen LogP contribution in [0, 0.1) is 5.92 Å². The average Bonchev–Trinajstić information content (AvgIpc) is 2.87. The van der Waals surface area contributed by atoms with Gasteiger partial charge in [0.15, 0.2) is 0 Å². The number of rotatable bonds is 10. The Morgan fingerprint density at radius 1 is 0.971 bits per heavy atom. The van der Waals surface area contributed by atoms with Crippen LogP contribution < -0.4 is 20.1 Å². The molecule has 0 aliphatic carbocycles. The third kappa shape index (κ3) is 6.71. The summed E-state index contributed by atoms with van der Waals surface area (Å²) in [6.45, 7) is 3.08. The Hall–Kier alpha value is -3.11. The minimum atomic E-state index is -3.63. The van der Waals surface area contributed by atoms with Crippen molar-refractivity contribution in [3.63, 3.8) is 0 Å². The number of nitrogens with zero attached hydrogens (tertiary/aromatic N) is 1. The van der Waals surface area contributed by atoms with Crippen molar-refractivity contribution in [2.24, 2.45) is 5.92 Å². The molecule has 1 aliphatic heterocycles. The molecule has 2 N–H and O–H groups in total. The number of nitrogens with one attached hydrogen (secondary N) is 2. The van der Waals surface area contributed by atoms with E-state index in [9.17, 15) is 18.0 Å². The van der Waals surface area contributed by atoms with Crippen LogP contribution in [0.5, 0.6) is 11.5 Å². The van der Waals surface area contributed by atoms with Gasteiger partial charge in [-0.05, 0) is 61.7 Å². The molecule has 0 bridgehead atoms. The van der Waals surface area contributed by atoms with Crippen molar-refractivity contribution in [2.45, 2.75) is 31.2 Å². The number of sulfonamides is 1. The Morgan fingerprint density at radius 2 is 1.59 bits per heavy atom. The predicted molar refractivity (Wildman–Crippen MR) is 127 cm³/mol. The first kappa shape index (κ1) is 25.5. The molecular formula is C24H31N3O6S. The van der Waals surface area contributed by atoms with Gasteiger partial charge in [0.2, 0.25) is 21.8 Å². The van der Waals surface area contributed by atoms with E-state index in [0.717, 1.165) is 11.3 Å². The first-order valence-corrected chi connectivity index (χ1v) is 12.7. The van der Waals surface area contributed by atoms with Crippen molar-refractivity contribution in [2.75, 3.05) is 33.4 Å². The monoisotopic (exact) mass is 489 g/mol. The van der Waals surface area contributed by atoms with Crippen molar-refractivity contribution >= 4 is 21.8 Å². The topological polar surface area (TPSA) is 114 Å². The molecule has 2 amide bonds. The highest BCUT2D eigenvalue weighted by molar-refractivity contribution is 7.89. The van der Waals surface area contributed by atoms with Gasteiger partial charge in [-0.2, -0.15) is 4.31 Å². The van der Waals surface area contributed by atoms with Gasteiger partial charge in [0.1, 0.15) is 11.5 Å². The van der Waals surface area contributed by atoms with Gasteiger partial charge in [0, 0.05) is 25.6 Å². The van der Waals surface area contributed by atoms with Crippen LogP contribution in [-0.2, 0) is 26.2 Å². The Balaban J connectivity index is 1.42. The fourth-order valence-electron chi connectivity index (χ4n) is 3.70. The van der Waals surface area contributed by atoms with Crippen LogP contribution in [0.3, 0.4) is 0 Å². The van der Waals surface area contributed by atoms with Crippen LogP contribution in [0.2, 0.25) is 0 Å². The van der Waals surface area contributed by atoms with Gasteiger partial charge in [0.05, 0.1) is 25.2 Å². The molecule has 0 saturated carbocycles. The van der Waals surface area contributed by atoms with E-state index in [-0.39, 0.29) is 42.3 Å². The molecule has 0 aromatic heterocycles. The first-order chi connectivity index (χ1) is 16.3. The minimum Gasteiger partial charge on any atom is -0.497 e. The predicted octanol–water partition coefficient (Wildman–Crippen LogP) is 1.93. The molecule has 0 unspecified atom stereocenters. The number of piperidine rings is 1. The summed E-state index contributed by atoms with van der Waals surface area (Å²) in [6, 6.07) is 13.7. The summed E-state index contributed by atoms with van der Waals surface area (Å²) >= 11 is 0. The van der Waals surface area contributed by atoms with E-state index in [2.05, 4.69) is 10.6 Å². The lowest BCUT2D eigenvalue weighted by atomic mass is 9.97.